The number of fused-ring (bicyclic) bond motifs is 1. The lowest BCUT2D eigenvalue weighted by atomic mass is 10.1. The van der Waals surface area contributed by atoms with Gasteiger partial charge >= 0.3 is 0 Å². The number of rotatable bonds is 8. The lowest BCUT2D eigenvalue weighted by Crippen LogP contribution is -2.26. The van der Waals surface area contributed by atoms with Crippen LogP contribution in [0.15, 0.2) is 67.0 Å². The lowest BCUT2D eigenvalue weighted by Gasteiger charge is -2.13. The van der Waals surface area contributed by atoms with Crippen molar-refractivity contribution in [1.82, 2.24) is 19.9 Å². The van der Waals surface area contributed by atoms with Gasteiger partial charge in [0.15, 0.2) is 0 Å². The van der Waals surface area contributed by atoms with Gasteiger partial charge in [-0.1, -0.05) is 24.3 Å². The number of carbonyl (C=O) groups is 1. The molecule has 6 heteroatoms. The SMILES string of the molecule is Cc1cccc(OCCn2c(CCNC(=O)c3cccnc3)nc3ccccc32)c1C. The number of benzene rings is 2. The molecular weight excluding hydrogens is 388 g/mol. The van der Waals surface area contributed by atoms with Crippen LogP contribution in [0.4, 0.5) is 0 Å². The molecule has 0 bridgehead atoms. The maximum atomic E-state index is 12.3. The summed E-state index contributed by atoms with van der Waals surface area (Å²) >= 11 is 0. The van der Waals surface area contributed by atoms with Crippen LogP contribution in [0.1, 0.15) is 27.3 Å². The number of nitrogens with zero attached hydrogens (tertiary/aromatic N) is 3. The summed E-state index contributed by atoms with van der Waals surface area (Å²) in [5, 5.41) is 2.95. The van der Waals surface area contributed by atoms with E-state index in [9.17, 15) is 4.79 Å². The zero-order valence-electron chi connectivity index (χ0n) is 17.8. The highest BCUT2D eigenvalue weighted by atomic mass is 16.5. The number of hydrogen-bond donors (Lipinski definition) is 1. The normalized spacial score (nSPS) is 10.9. The summed E-state index contributed by atoms with van der Waals surface area (Å²) in [6.45, 7) is 5.88. The summed E-state index contributed by atoms with van der Waals surface area (Å²) in [6, 6.07) is 17.7. The number of ether oxygens (including phenoxy) is 1. The van der Waals surface area contributed by atoms with Gasteiger partial charge in [0.1, 0.15) is 18.2 Å². The molecule has 2 aromatic heterocycles. The molecule has 0 aliphatic carbocycles. The minimum absolute atomic E-state index is 0.131. The molecule has 0 aliphatic rings. The van der Waals surface area contributed by atoms with E-state index >= 15 is 0 Å². The first kappa shape index (κ1) is 20.6. The third kappa shape index (κ3) is 4.74. The van der Waals surface area contributed by atoms with Gasteiger partial charge in [0.2, 0.25) is 0 Å². The monoisotopic (exact) mass is 414 g/mol. The van der Waals surface area contributed by atoms with Crippen LogP contribution in [0.5, 0.6) is 5.75 Å². The molecule has 158 valence electrons. The fourth-order valence-corrected chi connectivity index (χ4v) is 3.58. The second-order valence-corrected chi connectivity index (χ2v) is 7.46. The molecule has 4 aromatic rings. The summed E-state index contributed by atoms with van der Waals surface area (Å²) in [4.78, 5) is 21.1. The number of imidazole rings is 1. The van der Waals surface area contributed by atoms with Crippen LogP contribution in [0, 0.1) is 13.8 Å². The van der Waals surface area contributed by atoms with Crippen molar-refractivity contribution in [2.45, 2.75) is 26.8 Å². The van der Waals surface area contributed by atoms with Crippen molar-refractivity contribution < 1.29 is 9.53 Å². The van der Waals surface area contributed by atoms with Gasteiger partial charge in [-0.15, -0.1) is 0 Å². The van der Waals surface area contributed by atoms with Crippen molar-refractivity contribution in [1.29, 1.82) is 0 Å². The first-order valence-corrected chi connectivity index (χ1v) is 10.4. The van der Waals surface area contributed by atoms with Gasteiger partial charge in [0.25, 0.3) is 5.91 Å². The molecule has 0 aliphatic heterocycles. The van der Waals surface area contributed by atoms with Crippen LogP contribution in [0.2, 0.25) is 0 Å². The quantitative estimate of drug-likeness (QED) is 0.471. The molecule has 31 heavy (non-hydrogen) atoms. The third-order valence-corrected chi connectivity index (χ3v) is 5.42. The first-order chi connectivity index (χ1) is 15.1. The second-order valence-electron chi connectivity index (χ2n) is 7.46. The minimum Gasteiger partial charge on any atom is -0.491 e. The average Bonchev–Trinajstić information content (AvgIpc) is 3.14. The Bertz CT molecular complexity index is 1180. The topological polar surface area (TPSA) is 69.0 Å². The van der Waals surface area contributed by atoms with E-state index in [0.29, 0.717) is 31.7 Å². The van der Waals surface area contributed by atoms with E-state index in [1.165, 1.54) is 5.56 Å². The summed E-state index contributed by atoms with van der Waals surface area (Å²) in [7, 11) is 0. The Morgan fingerprint density at radius 1 is 1.06 bits per heavy atom. The van der Waals surface area contributed by atoms with Gasteiger partial charge in [-0.25, -0.2) is 4.98 Å². The lowest BCUT2D eigenvalue weighted by molar-refractivity contribution is 0.0953. The molecule has 2 heterocycles. The zero-order valence-corrected chi connectivity index (χ0v) is 17.8. The van der Waals surface area contributed by atoms with Crippen LogP contribution in [0.25, 0.3) is 11.0 Å². The number of hydrogen-bond acceptors (Lipinski definition) is 4. The highest BCUT2D eigenvalue weighted by Crippen LogP contribution is 2.21. The number of amides is 1. The molecule has 4 rings (SSSR count). The molecule has 2 aromatic carbocycles. The van der Waals surface area contributed by atoms with Crippen LogP contribution in [0.3, 0.4) is 0 Å². The molecule has 6 nitrogen and oxygen atoms in total. The number of aromatic nitrogens is 3. The highest BCUT2D eigenvalue weighted by molar-refractivity contribution is 5.93. The maximum absolute atomic E-state index is 12.3. The Labute approximate surface area is 181 Å². The van der Waals surface area contributed by atoms with E-state index in [1.807, 2.05) is 30.3 Å². The smallest absolute Gasteiger partial charge is 0.252 e. The fourth-order valence-electron chi connectivity index (χ4n) is 3.58. The predicted octanol–water partition coefficient (Wildman–Crippen LogP) is 4.10. The Morgan fingerprint density at radius 2 is 1.94 bits per heavy atom. The molecule has 0 unspecified atom stereocenters. The van der Waals surface area contributed by atoms with Gasteiger partial charge in [-0.2, -0.15) is 0 Å². The van der Waals surface area contributed by atoms with Crippen LogP contribution >= 0.6 is 0 Å². The van der Waals surface area contributed by atoms with Crippen molar-refractivity contribution in [3.05, 3.63) is 89.5 Å². The van der Waals surface area contributed by atoms with Crippen LogP contribution in [-0.4, -0.2) is 33.6 Å². The van der Waals surface area contributed by atoms with E-state index < -0.39 is 0 Å². The van der Waals surface area contributed by atoms with E-state index in [1.54, 1.807) is 24.5 Å². The number of para-hydroxylation sites is 2. The zero-order chi connectivity index (χ0) is 21.6. The Balaban J connectivity index is 1.44. The number of aryl methyl sites for hydroxylation is 1. The van der Waals surface area contributed by atoms with Crippen molar-refractivity contribution in [3.8, 4) is 5.75 Å². The molecule has 0 spiro atoms. The molecule has 0 saturated heterocycles. The van der Waals surface area contributed by atoms with Crippen molar-refractivity contribution in [2.75, 3.05) is 13.2 Å². The van der Waals surface area contributed by atoms with Crippen molar-refractivity contribution >= 4 is 16.9 Å². The summed E-state index contributed by atoms with van der Waals surface area (Å²) in [5.74, 6) is 1.71. The molecule has 0 atom stereocenters. The number of pyridine rings is 1. The molecule has 0 fully saturated rings. The third-order valence-electron chi connectivity index (χ3n) is 5.42. The van der Waals surface area contributed by atoms with Gasteiger partial charge in [0.05, 0.1) is 23.1 Å². The molecule has 0 radical (unpaired) electrons. The highest BCUT2D eigenvalue weighted by Gasteiger charge is 2.12. The molecule has 1 N–H and O–H groups in total. The largest absolute Gasteiger partial charge is 0.491 e. The summed E-state index contributed by atoms with van der Waals surface area (Å²) in [6.07, 6.45) is 3.85. The Kier molecular flexibility index (Phi) is 6.26. The van der Waals surface area contributed by atoms with E-state index in [2.05, 4.69) is 40.8 Å². The van der Waals surface area contributed by atoms with Crippen LogP contribution in [-0.2, 0) is 13.0 Å². The van der Waals surface area contributed by atoms with Crippen molar-refractivity contribution in [3.63, 3.8) is 0 Å². The molecule has 1 amide bonds. The summed E-state index contributed by atoms with van der Waals surface area (Å²) in [5.41, 5.74) is 4.95. The van der Waals surface area contributed by atoms with Gasteiger partial charge in [-0.3, -0.25) is 9.78 Å². The maximum Gasteiger partial charge on any atom is 0.252 e. The Hall–Kier alpha value is -3.67. The number of carbonyl (C=O) groups excluding carboxylic acids is 1. The standard InChI is InChI=1S/C25H26N4O2/c1-18-7-5-11-23(19(18)2)31-16-15-29-22-10-4-3-9-21(22)28-24(29)12-14-27-25(30)20-8-6-13-26-17-20/h3-11,13,17H,12,14-16H2,1-2H3,(H,27,30). The minimum atomic E-state index is -0.131. The van der Waals surface area contributed by atoms with E-state index in [0.717, 1.165) is 28.2 Å². The molecular formula is C25H26N4O2. The Morgan fingerprint density at radius 3 is 2.77 bits per heavy atom. The first-order valence-electron chi connectivity index (χ1n) is 10.4. The predicted molar refractivity (Wildman–Crippen MR) is 121 cm³/mol. The van der Waals surface area contributed by atoms with Crippen LogP contribution < -0.4 is 10.1 Å². The second kappa shape index (κ2) is 9.43. The summed E-state index contributed by atoms with van der Waals surface area (Å²) < 4.78 is 8.25. The fraction of sp³-hybridized carbons (Fsp3) is 0.240. The van der Waals surface area contributed by atoms with E-state index in [4.69, 9.17) is 9.72 Å². The van der Waals surface area contributed by atoms with Crippen molar-refractivity contribution in [2.24, 2.45) is 0 Å². The number of nitrogens with one attached hydrogen (secondary N) is 1. The van der Waals surface area contributed by atoms with Gasteiger partial charge < -0.3 is 14.6 Å². The average molecular weight is 415 g/mol. The van der Waals surface area contributed by atoms with E-state index in [-0.39, 0.29) is 5.91 Å². The van der Waals surface area contributed by atoms with Gasteiger partial charge in [0, 0.05) is 25.4 Å². The van der Waals surface area contributed by atoms with Gasteiger partial charge in [-0.05, 0) is 55.3 Å². The molecule has 0 saturated carbocycles.